The van der Waals surface area contributed by atoms with E-state index in [0.29, 0.717) is 11.8 Å². The van der Waals surface area contributed by atoms with Crippen LogP contribution in [0.2, 0.25) is 0 Å². The number of para-hydroxylation sites is 1. The minimum atomic E-state index is -0.216. The first-order chi connectivity index (χ1) is 13.0. The topological polar surface area (TPSA) is 57.7 Å². The van der Waals surface area contributed by atoms with Gasteiger partial charge >= 0.3 is 0 Å². The molecule has 2 saturated carbocycles. The van der Waals surface area contributed by atoms with Gasteiger partial charge in [-0.2, -0.15) is 0 Å². The Morgan fingerprint density at radius 3 is 2.22 bits per heavy atom. The van der Waals surface area contributed by atoms with Crippen molar-refractivity contribution in [2.45, 2.75) is 26.7 Å². The predicted octanol–water partition coefficient (Wildman–Crippen LogP) is 2.61. The summed E-state index contributed by atoms with van der Waals surface area (Å²) in [6.45, 7) is 3.55. The van der Waals surface area contributed by atoms with Gasteiger partial charge in [-0.15, -0.1) is 0 Å². The van der Waals surface area contributed by atoms with Crippen LogP contribution in [0.1, 0.15) is 25.8 Å². The second-order valence-corrected chi connectivity index (χ2v) is 8.33. The molecular formula is C22H24N2O3. The Bertz CT molecular complexity index is 840. The molecule has 0 unspecified atom stereocenters. The van der Waals surface area contributed by atoms with Gasteiger partial charge in [-0.25, -0.2) is 0 Å². The van der Waals surface area contributed by atoms with Crippen LogP contribution in [0, 0.1) is 35.5 Å². The van der Waals surface area contributed by atoms with Gasteiger partial charge in [0.1, 0.15) is 6.67 Å². The number of likely N-dealkylation sites (tertiary alicyclic amines) is 1. The Morgan fingerprint density at radius 2 is 1.67 bits per heavy atom. The first-order valence-electron chi connectivity index (χ1n) is 9.92. The Morgan fingerprint density at radius 1 is 1.07 bits per heavy atom. The summed E-state index contributed by atoms with van der Waals surface area (Å²) in [5.74, 6) is 0.823. The molecule has 1 heterocycles. The molecule has 1 aliphatic heterocycles. The summed E-state index contributed by atoms with van der Waals surface area (Å²) in [5, 5.41) is 0. The van der Waals surface area contributed by atoms with Gasteiger partial charge in [0, 0.05) is 12.6 Å². The second kappa shape index (κ2) is 5.78. The lowest BCUT2D eigenvalue weighted by Crippen LogP contribution is -2.44. The zero-order valence-electron chi connectivity index (χ0n) is 15.7. The van der Waals surface area contributed by atoms with Gasteiger partial charge in [-0.3, -0.25) is 24.2 Å². The molecule has 1 aromatic carbocycles. The third-order valence-corrected chi connectivity index (χ3v) is 7.08. The van der Waals surface area contributed by atoms with Crippen molar-refractivity contribution in [1.29, 1.82) is 0 Å². The number of imide groups is 1. The number of benzene rings is 1. The van der Waals surface area contributed by atoms with Crippen molar-refractivity contribution < 1.29 is 14.4 Å². The van der Waals surface area contributed by atoms with Crippen LogP contribution in [0.4, 0.5) is 5.69 Å². The molecule has 5 nitrogen and oxygen atoms in total. The van der Waals surface area contributed by atoms with Gasteiger partial charge in [-0.1, -0.05) is 37.3 Å². The summed E-state index contributed by atoms with van der Waals surface area (Å²) in [6, 6.07) is 7.70. The number of nitrogens with zero attached hydrogens (tertiary/aromatic N) is 2. The van der Waals surface area contributed by atoms with Gasteiger partial charge in [0.25, 0.3) is 0 Å². The van der Waals surface area contributed by atoms with Crippen LogP contribution < -0.4 is 4.90 Å². The van der Waals surface area contributed by atoms with Crippen LogP contribution >= 0.6 is 0 Å². The number of allylic oxidation sites excluding steroid dienone is 2. The highest BCUT2D eigenvalue weighted by molar-refractivity contribution is 6.07. The Kier molecular flexibility index (Phi) is 3.58. The van der Waals surface area contributed by atoms with E-state index in [9.17, 15) is 14.4 Å². The highest BCUT2D eigenvalue weighted by Gasteiger charge is 2.67. The number of amides is 3. The molecule has 140 valence electrons. The fraction of sp³-hybridized carbons (Fsp3) is 0.500. The quantitative estimate of drug-likeness (QED) is 0.610. The van der Waals surface area contributed by atoms with Crippen LogP contribution in [0.15, 0.2) is 36.4 Å². The molecule has 0 radical (unpaired) electrons. The molecule has 3 amide bonds. The SMILES string of the molecule is CCc1ccccc1N(CN1C(=O)[C@@H]2[C@H]3C=C[C@@H]([C@@H]4C[C@@H]34)[C@@H]2C1=O)C(C)=O. The summed E-state index contributed by atoms with van der Waals surface area (Å²) in [4.78, 5) is 41.7. The highest BCUT2D eigenvalue weighted by Crippen LogP contribution is 2.65. The fourth-order valence-corrected chi connectivity index (χ4v) is 5.72. The van der Waals surface area contributed by atoms with Crippen LogP contribution in [-0.2, 0) is 20.8 Å². The average Bonchev–Trinajstić information content (AvgIpc) is 3.45. The monoisotopic (exact) mass is 364 g/mol. The van der Waals surface area contributed by atoms with E-state index in [1.165, 1.54) is 11.8 Å². The van der Waals surface area contributed by atoms with Crippen molar-refractivity contribution in [2.24, 2.45) is 35.5 Å². The fourth-order valence-electron chi connectivity index (χ4n) is 5.72. The lowest BCUT2D eigenvalue weighted by molar-refractivity contribution is -0.140. The van der Waals surface area contributed by atoms with Gasteiger partial charge in [0.2, 0.25) is 17.7 Å². The number of carbonyl (C=O) groups is 3. The standard InChI is InChI=1S/C22H24N2O3/c1-3-13-6-4-5-7-18(13)23(12(2)25)11-24-21(26)19-14-8-9-15(17-10-16(14)17)20(19)22(24)27/h4-9,14-17,19-20H,3,10-11H2,1-2H3/t14-,15-,16-,17-,19-,20+/m0/s1. The molecule has 6 atom stereocenters. The van der Waals surface area contributed by atoms with Crippen molar-refractivity contribution in [3.8, 4) is 0 Å². The van der Waals surface area contributed by atoms with Crippen molar-refractivity contribution in [3.05, 3.63) is 42.0 Å². The maximum Gasteiger partial charge on any atom is 0.235 e. The molecule has 3 fully saturated rings. The van der Waals surface area contributed by atoms with Crippen molar-refractivity contribution in [1.82, 2.24) is 4.90 Å². The highest BCUT2D eigenvalue weighted by atomic mass is 16.2. The maximum atomic E-state index is 13.2. The Labute approximate surface area is 159 Å². The van der Waals surface area contributed by atoms with E-state index in [1.807, 2.05) is 31.2 Å². The minimum Gasteiger partial charge on any atom is -0.294 e. The van der Waals surface area contributed by atoms with E-state index in [-0.39, 0.29) is 48.1 Å². The number of rotatable bonds is 4. The third kappa shape index (κ3) is 2.27. The molecule has 1 aromatic rings. The Balaban J connectivity index is 1.46. The summed E-state index contributed by atoms with van der Waals surface area (Å²) in [7, 11) is 0. The van der Waals surface area contributed by atoms with Gasteiger partial charge < -0.3 is 0 Å². The summed E-state index contributed by atoms with van der Waals surface area (Å²) >= 11 is 0. The lowest BCUT2D eigenvalue weighted by Gasteiger charge is -2.37. The number of anilines is 1. The van der Waals surface area contributed by atoms with E-state index in [2.05, 4.69) is 12.2 Å². The summed E-state index contributed by atoms with van der Waals surface area (Å²) in [6.07, 6.45) is 6.28. The van der Waals surface area contributed by atoms with Crippen molar-refractivity contribution in [2.75, 3.05) is 11.6 Å². The largest absolute Gasteiger partial charge is 0.294 e. The molecule has 5 heteroatoms. The summed E-state index contributed by atoms with van der Waals surface area (Å²) in [5.41, 5.74) is 1.82. The molecule has 5 aliphatic rings. The number of aryl methyl sites for hydroxylation is 1. The van der Waals surface area contributed by atoms with Crippen LogP contribution in [0.5, 0.6) is 0 Å². The molecule has 0 N–H and O–H groups in total. The zero-order chi connectivity index (χ0) is 18.9. The number of carbonyl (C=O) groups excluding carboxylic acids is 3. The summed E-state index contributed by atoms with van der Waals surface area (Å²) < 4.78 is 0. The molecule has 4 aliphatic carbocycles. The molecule has 0 aromatic heterocycles. The molecule has 0 spiro atoms. The smallest absolute Gasteiger partial charge is 0.235 e. The van der Waals surface area contributed by atoms with E-state index >= 15 is 0 Å². The zero-order valence-corrected chi connectivity index (χ0v) is 15.7. The van der Waals surface area contributed by atoms with Crippen LogP contribution in [0.25, 0.3) is 0 Å². The van der Waals surface area contributed by atoms with Crippen molar-refractivity contribution in [3.63, 3.8) is 0 Å². The van der Waals surface area contributed by atoms with E-state index in [1.54, 1.807) is 4.90 Å². The molecule has 2 bridgehead atoms. The van der Waals surface area contributed by atoms with Gasteiger partial charge in [0.05, 0.1) is 11.8 Å². The lowest BCUT2D eigenvalue weighted by atomic mass is 9.63. The van der Waals surface area contributed by atoms with Gasteiger partial charge in [-0.05, 0) is 48.1 Å². The number of hydrogen-bond donors (Lipinski definition) is 0. The molecule has 27 heavy (non-hydrogen) atoms. The van der Waals surface area contributed by atoms with Crippen LogP contribution in [0.3, 0.4) is 0 Å². The third-order valence-electron chi connectivity index (χ3n) is 7.08. The maximum absolute atomic E-state index is 13.2. The van der Waals surface area contributed by atoms with E-state index < -0.39 is 0 Å². The predicted molar refractivity (Wildman–Crippen MR) is 100 cm³/mol. The van der Waals surface area contributed by atoms with Crippen LogP contribution in [-0.4, -0.2) is 29.3 Å². The van der Waals surface area contributed by atoms with E-state index in [0.717, 1.165) is 24.1 Å². The first kappa shape index (κ1) is 16.7. The molecule has 6 rings (SSSR count). The van der Waals surface area contributed by atoms with Crippen molar-refractivity contribution >= 4 is 23.4 Å². The second-order valence-electron chi connectivity index (χ2n) is 8.33. The average molecular weight is 364 g/mol. The van der Waals surface area contributed by atoms with E-state index in [4.69, 9.17) is 0 Å². The van der Waals surface area contributed by atoms with Gasteiger partial charge in [0.15, 0.2) is 0 Å². The first-order valence-corrected chi connectivity index (χ1v) is 9.92. The molecule has 1 saturated heterocycles. The minimum absolute atomic E-state index is 0.0196. The molecular weight excluding hydrogens is 340 g/mol. The normalized spacial score (nSPS) is 35.3. The number of hydrogen-bond acceptors (Lipinski definition) is 3. The Hall–Kier alpha value is -2.43.